The van der Waals surface area contributed by atoms with Gasteiger partial charge in [-0.1, -0.05) is 0 Å². The summed E-state index contributed by atoms with van der Waals surface area (Å²) in [4.78, 5) is 13.3. The van der Waals surface area contributed by atoms with E-state index in [1.807, 2.05) is 24.3 Å². The first-order valence-corrected chi connectivity index (χ1v) is 6.61. The van der Waals surface area contributed by atoms with Crippen LogP contribution in [0.3, 0.4) is 0 Å². The highest BCUT2D eigenvalue weighted by Gasteiger charge is 2.22. The zero-order chi connectivity index (χ0) is 13.7. The minimum absolute atomic E-state index is 0.0463. The van der Waals surface area contributed by atoms with Gasteiger partial charge in [0.1, 0.15) is 12.4 Å². The van der Waals surface area contributed by atoms with E-state index in [9.17, 15) is 4.79 Å². The molecule has 5 heteroatoms. The van der Waals surface area contributed by atoms with Gasteiger partial charge in [0, 0.05) is 38.3 Å². The van der Waals surface area contributed by atoms with Crippen molar-refractivity contribution < 1.29 is 9.53 Å². The molecule has 0 radical (unpaired) electrons. The number of ether oxygens (including phenoxy) is 1. The molecule has 1 aromatic carbocycles. The molecule has 19 heavy (non-hydrogen) atoms. The molecule has 1 aromatic rings. The van der Waals surface area contributed by atoms with Gasteiger partial charge in [-0.05, 0) is 30.7 Å². The maximum atomic E-state index is 11.0. The van der Waals surface area contributed by atoms with Crippen molar-refractivity contribution in [3.05, 3.63) is 24.3 Å². The van der Waals surface area contributed by atoms with Gasteiger partial charge in [0.15, 0.2) is 0 Å². The maximum absolute atomic E-state index is 11.0. The summed E-state index contributed by atoms with van der Waals surface area (Å²) in [7, 11) is 0. The van der Waals surface area contributed by atoms with Gasteiger partial charge in [0.05, 0.1) is 0 Å². The van der Waals surface area contributed by atoms with Crippen LogP contribution in [0, 0.1) is 0 Å². The molecule has 1 heterocycles. The molecule has 0 spiro atoms. The van der Waals surface area contributed by atoms with Crippen molar-refractivity contribution in [2.45, 2.75) is 19.4 Å². The van der Waals surface area contributed by atoms with E-state index in [0.717, 1.165) is 37.5 Å². The number of nitrogen functional groups attached to an aromatic ring is 1. The van der Waals surface area contributed by atoms with Crippen LogP contribution in [0.15, 0.2) is 24.3 Å². The number of anilines is 1. The Bertz CT molecular complexity index is 419. The van der Waals surface area contributed by atoms with Gasteiger partial charge in [-0.25, -0.2) is 0 Å². The maximum Gasteiger partial charge on any atom is 0.217 e. The summed E-state index contributed by atoms with van der Waals surface area (Å²) in [6, 6.07) is 7.70. The molecule has 1 fully saturated rings. The Morgan fingerprint density at radius 2 is 2.21 bits per heavy atom. The van der Waals surface area contributed by atoms with E-state index in [2.05, 4.69) is 10.2 Å². The van der Waals surface area contributed by atoms with E-state index in [1.54, 1.807) is 6.92 Å². The number of nitrogens with zero attached hydrogens (tertiary/aromatic N) is 1. The molecule has 3 N–H and O–H groups in total. The number of nitrogens with one attached hydrogen (secondary N) is 1. The lowest BCUT2D eigenvalue weighted by atomic mass is 10.3. The molecule has 2 rings (SSSR count). The Balaban J connectivity index is 1.66. The zero-order valence-electron chi connectivity index (χ0n) is 11.3. The summed E-state index contributed by atoms with van der Waals surface area (Å²) in [5.41, 5.74) is 6.35. The number of hydrogen-bond acceptors (Lipinski definition) is 4. The zero-order valence-corrected chi connectivity index (χ0v) is 11.3. The average molecular weight is 263 g/mol. The molecule has 1 atom stereocenters. The van der Waals surface area contributed by atoms with Crippen molar-refractivity contribution in [3.63, 3.8) is 0 Å². The normalized spacial score (nSPS) is 19.3. The van der Waals surface area contributed by atoms with Gasteiger partial charge < -0.3 is 15.8 Å². The number of amides is 1. The standard InChI is InChI=1S/C14H21N3O2/c1-11(18)16-13-6-7-17(10-13)8-9-19-14-4-2-12(15)3-5-14/h2-5,13H,6-10,15H2,1H3,(H,16,18). The number of carbonyl (C=O) groups excluding carboxylic acids is 1. The number of rotatable bonds is 5. The second-order valence-corrected chi connectivity index (χ2v) is 4.90. The van der Waals surface area contributed by atoms with Crippen LogP contribution in [0.4, 0.5) is 5.69 Å². The first-order valence-electron chi connectivity index (χ1n) is 6.61. The van der Waals surface area contributed by atoms with E-state index in [0.29, 0.717) is 6.61 Å². The van der Waals surface area contributed by atoms with Gasteiger partial charge >= 0.3 is 0 Å². The van der Waals surface area contributed by atoms with Crippen molar-refractivity contribution in [2.24, 2.45) is 0 Å². The molecule has 1 aliphatic rings. The summed E-state index contributed by atoms with van der Waals surface area (Å²) >= 11 is 0. The molecule has 1 unspecified atom stereocenters. The number of benzene rings is 1. The summed E-state index contributed by atoms with van der Waals surface area (Å²) in [6.45, 7) is 5.00. The third-order valence-electron chi connectivity index (χ3n) is 3.24. The first-order chi connectivity index (χ1) is 9.13. The molecule has 0 aromatic heterocycles. The van der Waals surface area contributed by atoms with Crippen LogP contribution in [0.1, 0.15) is 13.3 Å². The smallest absolute Gasteiger partial charge is 0.217 e. The molecule has 1 amide bonds. The molecule has 5 nitrogen and oxygen atoms in total. The minimum atomic E-state index is 0.0463. The SMILES string of the molecule is CC(=O)NC1CCN(CCOc2ccc(N)cc2)C1. The van der Waals surface area contributed by atoms with Crippen LogP contribution in [0.2, 0.25) is 0 Å². The fourth-order valence-electron chi connectivity index (χ4n) is 2.30. The van der Waals surface area contributed by atoms with Gasteiger partial charge in [0.25, 0.3) is 0 Å². The number of nitrogens with two attached hydrogens (primary N) is 1. The van der Waals surface area contributed by atoms with E-state index in [1.165, 1.54) is 0 Å². The number of carbonyl (C=O) groups is 1. The fraction of sp³-hybridized carbons (Fsp3) is 0.500. The molecule has 1 aliphatic heterocycles. The third-order valence-corrected chi connectivity index (χ3v) is 3.24. The van der Waals surface area contributed by atoms with Crippen molar-refractivity contribution in [1.29, 1.82) is 0 Å². The first kappa shape index (κ1) is 13.7. The van der Waals surface area contributed by atoms with Crippen molar-refractivity contribution in [1.82, 2.24) is 10.2 Å². The molecular weight excluding hydrogens is 242 g/mol. The number of likely N-dealkylation sites (tertiary alicyclic amines) is 1. The fourth-order valence-corrected chi connectivity index (χ4v) is 2.30. The lowest BCUT2D eigenvalue weighted by molar-refractivity contribution is -0.119. The van der Waals surface area contributed by atoms with Gasteiger partial charge in [-0.3, -0.25) is 9.69 Å². The Morgan fingerprint density at radius 3 is 2.89 bits per heavy atom. The van der Waals surface area contributed by atoms with E-state index >= 15 is 0 Å². The Morgan fingerprint density at radius 1 is 1.47 bits per heavy atom. The van der Waals surface area contributed by atoms with E-state index in [4.69, 9.17) is 10.5 Å². The predicted molar refractivity (Wildman–Crippen MR) is 75.0 cm³/mol. The van der Waals surface area contributed by atoms with Gasteiger partial charge in [-0.2, -0.15) is 0 Å². The third kappa shape index (κ3) is 4.44. The van der Waals surface area contributed by atoms with Crippen molar-refractivity contribution in [2.75, 3.05) is 32.0 Å². The highest BCUT2D eigenvalue weighted by atomic mass is 16.5. The van der Waals surface area contributed by atoms with Crippen LogP contribution in [-0.2, 0) is 4.79 Å². The molecular formula is C14H21N3O2. The summed E-state index contributed by atoms with van der Waals surface area (Å²) in [6.07, 6.45) is 1.02. The molecule has 104 valence electrons. The highest BCUT2D eigenvalue weighted by Crippen LogP contribution is 2.13. The minimum Gasteiger partial charge on any atom is -0.492 e. The van der Waals surface area contributed by atoms with E-state index < -0.39 is 0 Å². The summed E-state index contributed by atoms with van der Waals surface area (Å²) in [5.74, 6) is 0.886. The predicted octanol–water partition coefficient (Wildman–Crippen LogP) is 0.858. The lowest BCUT2D eigenvalue weighted by Crippen LogP contribution is -2.36. The quantitative estimate of drug-likeness (QED) is 0.773. The van der Waals surface area contributed by atoms with Crippen molar-refractivity contribution in [3.8, 4) is 5.75 Å². The summed E-state index contributed by atoms with van der Waals surface area (Å²) in [5, 5.41) is 2.95. The Kier molecular flexibility index (Phi) is 4.63. The van der Waals surface area contributed by atoms with Crippen molar-refractivity contribution >= 4 is 11.6 Å². The second-order valence-electron chi connectivity index (χ2n) is 4.90. The second kappa shape index (κ2) is 6.43. The molecule has 1 saturated heterocycles. The largest absolute Gasteiger partial charge is 0.492 e. The lowest BCUT2D eigenvalue weighted by Gasteiger charge is -2.16. The average Bonchev–Trinajstić information content (AvgIpc) is 2.78. The Labute approximate surface area is 113 Å². The molecule has 0 saturated carbocycles. The Hall–Kier alpha value is -1.75. The van der Waals surface area contributed by atoms with Gasteiger partial charge in [0.2, 0.25) is 5.91 Å². The molecule has 0 aliphatic carbocycles. The van der Waals surface area contributed by atoms with Crippen LogP contribution in [0.25, 0.3) is 0 Å². The topological polar surface area (TPSA) is 67.6 Å². The van der Waals surface area contributed by atoms with Crippen LogP contribution in [-0.4, -0.2) is 43.1 Å². The van der Waals surface area contributed by atoms with E-state index in [-0.39, 0.29) is 11.9 Å². The monoisotopic (exact) mass is 263 g/mol. The molecule has 0 bridgehead atoms. The van der Waals surface area contributed by atoms with Gasteiger partial charge in [-0.15, -0.1) is 0 Å². The summed E-state index contributed by atoms with van der Waals surface area (Å²) < 4.78 is 5.65. The van der Waals surface area contributed by atoms with Crippen LogP contribution in [0.5, 0.6) is 5.75 Å². The van der Waals surface area contributed by atoms with Crippen LogP contribution >= 0.6 is 0 Å². The number of hydrogen-bond donors (Lipinski definition) is 2. The van der Waals surface area contributed by atoms with Crippen LogP contribution < -0.4 is 15.8 Å². The highest BCUT2D eigenvalue weighted by molar-refractivity contribution is 5.73.